The van der Waals surface area contributed by atoms with Crippen molar-refractivity contribution in [2.24, 2.45) is 0 Å². The fourth-order valence-corrected chi connectivity index (χ4v) is 3.26. The van der Waals surface area contributed by atoms with Crippen molar-refractivity contribution in [2.45, 2.75) is 32.4 Å². The molecule has 0 saturated carbocycles. The van der Waals surface area contributed by atoms with Gasteiger partial charge in [0.05, 0.1) is 17.1 Å². The summed E-state index contributed by atoms with van der Waals surface area (Å²) in [4.78, 5) is 22.0. The first-order valence-corrected chi connectivity index (χ1v) is 7.86. The Bertz CT molecular complexity index is 899. The van der Waals surface area contributed by atoms with Gasteiger partial charge in [0.1, 0.15) is 17.1 Å². The number of fused-ring (bicyclic) bond motifs is 1. The predicted molar refractivity (Wildman–Crippen MR) is 86.0 cm³/mol. The zero-order valence-electron chi connectivity index (χ0n) is 13.0. The first kappa shape index (κ1) is 14.1. The van der Waals surface area contributed by atoms with Crippen LogP contribution in [-0.2, 0) is 6.54 Å². The molecule has 2 aromatic heterocycles. The van der Waals surface area contributed by atoms with E-state index in [1.807, 2.05) is 37.3 Å². The molecule has 6 heteroatoms. The number of aromatic nitrogens is 3. The molecular weight excluding hydrogens is 292 g/mol. The second-order valence-electron chi connectivity index (χ2n) is 6.02. The van der Waals surface area contributed by atoms with E-state index in [4.69, 9.17) is 4.52 Å². The molecular formula is C17H18N4O2. The quantitative estimate of drug-likeness (QED) is 0.804. The average molecular weight is 310 g/mol. The van der Waals surface area contributed by atoms with E-state index in [0.717, 1.165) is 41.9 Å². The van der Waals surface area contributed by atoms with E-state index in [9.17, 15) is 4.79 Å². The summed E-state index contributed by atoms with van der Waals surface area (Å²) in [7, 11) is 0. The standard InChI is InChI=1S/C17H18N4O2/c1-11-9-14(20-23-11)16-7-4-8-21(16)10-15-17(22)19-13-6-3-2-5-12(13)18-15/h2-3,5-6,9,16H,4,7-8,10H2,1H3,(H,19,22)/t16-/m0/s1. The molecule has 1 saturated heterocycles. The molecule has 3 aromatic rings. The molecule has 0 radical (unpaired) electrons. The maximum atomic E-state index is 12.3. The van der Waals surface area contributed by atoms with Crippen LogP contribution >= 0.6 is 0 Å². The van der Waals surface area contributed by atoms with E-state index in [-0.39, 0.29) is 11.6 Å². The van der Waals surface area contributed by atoms with E-state index in [0.29, 0.717) is 12.2 Å². The largest absolute Gasteiger partial charge is 0.361 e. The number of rotatable bonds is 3. The van der Waals surface area contributed by atoms with Crippen molar-refractivity contribution in [3.63, 3.8) is 0 Å². The van der Waals surface area contributed by atoms with Crippen LogP contribution in [0.2, 0.25) is 0 Å². The summed E-state index contributed by atoms with van der Waals surface area (Å²) < 4.78 is 5.20. The van der Waals surface area contributed by atoms with Gasteiger partial charge in [-0.3, -0.25) is 9.69 Å². The van der Waals surface area contributed by atoms with E-state index in [1.165, 1.54) is 0 Å². The number of nitrogens with one attached hydrogen (secondary N) is 1. The molecule has 0 unspecified atom stereocenters. The molecule has 0 bridgehead atoms. The van der Waals surface area contributed by atoms with E-state index in [2.05, 4.69) is 20.0 Å². The first-order valence-electron chi connectivity index (χ1n) is 7.86. The molecule has 1 N–H and O–H groups in total. The average Bonchev–Trinajstić information content (AvgIpc) is 3.16. The Hall–Kier alpha value is -2.47. The molecule has 3 heterocycles. The molecule has 0 spiro atoms. The lowest BCUT2D eigenvalue weighted by Crippen LogP contribution is -2.28. The van der Waals surface area contributed by atoms with Crippen LogP contribution in [0.4, 0.5) is 0 Å². The van der Waals surface area contributed by atoms with E-state index in [1.54, 1.807) is 0 Å². The minimum Gasteiger partial charge on any atom is -0.361 e. The summed E-state index contributed by atoms with van der Waals surface area (Å²) in [6, 6.07) is 9.76. The molecule has 6 nitrogen and oxygen atoms in total. The highest BCUT2D eigenvalue weighted by Gasteiger charge is 2.29. The molecule has 1 aliphatic rings. The van der Waals surface area contributed by atoms with Gasteiger partial charge in [0.2, 0.25) is 0 Å². The van der Waals surface area contributed by atoms with Crippen molar-refractivity contribution in [1.82, 2.24) is 20.0 Å². The number of likely N-dealkylation sites (tertiary alicyclic amines) is 1. The fraction of sp³-hybridized carbons (Fsp3) is 0.353. The van der Waals surface area contributed by atoms with Crippen molar-refractivity contribution >= 4 is 11.0 Å². The van der Waals surface area contributed by atoms with Crippen LogP contribution in [0.15, 0.2) is 39.6 Å². The molecule has 23 heavy (non-hydrogen) atoms. The number of aryl methyl sites for hydroxylation is 1. The van der Waals surface area contributed by atoms with Crippen LogP contribution < -0.4 is 5.56 Å². The molecule has 1 atom stereocenters. The van der Waals surface area contributed by atoms with Gasteiger partial charge in [-0.05, 0) is 38.4 Å². The molecule has 1 aromatic carbocycles. The molecule has 1 fully saturated rings. The topological polar surface area (TPSA) is 75.0 Å². The fourth-order valence-electron chi connectivity index (χ4n) is 3.26. The normalized spacial score (nSPS) is 18.7. The maximum Gasteiger partial charge on any atom is 0.271 e. The molecule has 1 aliphatic heterocycles. The van der Waals surface area contributed by atoms with Crippen LogP contribution in [-0.4, -0.2) is 26.6 Å². The van der Waals surface area contributed by atoms with Gasteiger partial charge in [0.15, 0.2) is 0 Å². The van der Waals surface area contributed by atoms with Gasteiger partial charge < -0.3 is 9.51 Å². The van der Waals surface area contributed by atoms with Crippen molar-refractivity contribution in [1.29, 1.82) is 0 Å². The Labute approximate surface area is 133 Å². The number of para-hydroxylation sites is 2. The van der Waals surface area contributed by atoms with E-state index < -0.39 is 0 Å². The first-order chi connectivity index (χ1) is 11.2. The number of H-pyrrole nitrogens is 1. The van der Waals surface area contributed by atoms with Gasteiger partial charge in [-0.2, -0.15) is 0 Å². The molecule has 0 amide bonds. The monoisotopic (exact) mass is 310 g/mol. The van der Waals surface area contributed by atoms with Crippen molar-refractivity contribution < 1.29 is 4.52 Å². The highest BCUT2D eigenvalue weighted by molar-refractivity contribution is 5.73. The highest BCUT2D eigenvalue weighted by atomic mass is 16.5. The van der Waals surface area contributed by atoms with Crippen LogP contribution in [0.3, 0.4) is 0 Å². The van der Waals surface area contributed by atoms with Crippen LogP contribution in [0.25, 0.3) is 11.0 Å². The zero-order chi connectivity index (χ0) is 15.8. The van der Waals surface area contributed by atoms with Crippen molar-refractivity contribution in [3.8, 4) is 0 Å². The third kappa shape index (κ3) is 2.66. The Balaban J connectivity index is 1.64. The molecule has 0 aliphatic carbocycles. The summed E-state index contributed by atoms with van der Waals surface area (Å²) in [6.07, 6.45) is 2.11. The second kappa shape index (κ2) is 5.62. The Morgan fingerprint density at radius 1 is 1.39 bits per heavy atom. The summed E-state index contributed by atoms with van der Waals surface area (Å²) in [5.74, 6) is 0.813. The Morgan fingerprint density at radius 2 is 2.26 bits per heavy atom. The Kier molecular flexibility index (Phi) is 3.46. The summed E-state index contributed by atoms with van der Waals surface area (Å²) in [5, 5.41) is 4.14. The van der Waals surface area contributed by atoms with Crippen molar-refractivity contribution in [3.05, 3.63) is 57.8 Å². The van der Waals surface area contributed by atoms with Crippen LogP contribution in [0.5, 0.6) is 0 Å². The number of hydrogen-bond acceptors (Lipinski definition) is 5. The maximum absolute atomic E-state index is 12.3. The smallest absolute Gasteiger partial charge is 0.271 e. The number of hydrogen-bond donors (Lipinski definition) is 1. The summed E-state index contributed by atoms with van der Waals surface area (Å²) >= 11 is 0. The predicted octanol–water partition coefficient (Wildman–Crippen LogP) is 2.56. The van der Waals surface area contributed by atoms with Crippen LogP contribution in [0.1, 0.15) is 36.0 Å². The number of nitrogens with zero attached hydrogens (tertiary/aromatic N) is 3. The molecule has 4 rings (SSSR count). The zero-order valence-corrected chi connectivity index (χ0v) is 13.0. The minimum absolute atomic E-state index is 0.120. The van der Waals surface area contributed by atoms with Gasteiger partial charge in [0.25, 0.3) is 5.56 Å². The number of aromatic amines is 1. The van der Waals surface area contributed by atoms with E-state index >= 15 is 0 Å². The van der Waals surface area contributed by atoms with Gasteiger partial charge in [-0.1, -0.05) is 17.3 Å². The second-order valence-corrected chi connectivity index (χ2v) is 6.02. The lowest BCUT2D eigenvalue weighted by molar-refractivity contribution is 0.233. The lowest BCUT2D eigenvalue weighted by Gasteiger charge is -2.21. The van der Waals surface area contributed by atoms with Crippen LogP contribution in [0, 0.1) is 6.92 Å². The SMILES string of the molecule is Cc1cc([C@@H]2CCCN2Cc2nc3ccccc3[nH]c2=O)no1. The summed E-state index contributed by atoms with van der Waals surface area (Å²) in [5.41, 5.74) is 2.96. The van der Waals surface area contributed by atoms with Gasteiger partial charge in [-0.25, -0.2) is 4.98 Å². The minimum atomic E-state index is -0.120. The number of benzene rings is 1. The highest BCUT2D eigenvalue weighted by Crippen LogP contribution is 2.32. The van der Waals surface area contributed by atoms with Gasteiger partial charge >= 0.3 is 0 Å². The lowest BCUT2D eigenvalue weighted by atomic mass is 10.1. The van der Waals surface area contributed by atoms with Gasteiger partial charge in [-0.15, -0.1) is 0 Å². The third-order valence-electron chi connectivity index (χ3n) is 4.37. The van der Waals surface area contributed by atoms with Gasteiger partial charge in [0, 0.05) is 12.6 Å². The summed E-state index contributed by atoms with van der Waals surface area (Å²) in [6.45, 7) is 3.35. The van der Waals surface area contributed by atoms with Crippen molar-refractivity contribution in [2.75, 3.05) is 6.54 Å². The third-order valence-corrected chi connectivity index (χ3v) is 4.37. The molecule has 118 valence electrons. The Morgan fingerprint density at radius 3 is 3.09 bits per heavy atom.